The number of anilines is 2. The standard InChI is InChI=1S/C25H35N5O3S2/c1-25(2,3)18-4-6-20(7-5-18)35(31,32)28-19-8-11-30(12-9-19)24-26-21-10-17-34-22(21)23(27-24)29-13-15-33-16-14-29/h4,6-7,10,17-19,28H,5,8-9,11-16H2,1-3H3. The van der Waals surface area contributed by atoms with E-state index in [1.165, 1.54) is 0 Å². The third kappa shape index (κ3) is 5.40. The minimum absolute atomic E-state index is 0.0884. The molecule has 0 aromatic carbocycles. The van der Waals surface area contributed by atoms with Crippen LogP contribution in [0.2, 0.25) is 0 Å². The summed E-state index contributed by atoms with van der Waals surface area (Å²) in [5.74, 6) is 2.06. The molecule has 2 saturated heterocycles. The third-order valence-corrected chi connectivity index (χ3v) is 9.64. The molecule has 2 fully saturated rings. The van der Waals surface area contributed by atoms with Gasteiger partial charge in [0.25, 0.3) is 0 Å². The van der Waals surface area contributed by atoms with Crippen molar-refractivity contribution >= 4 is 43.3 Å². The maximum Gasteiger partial charge on any atom is 0.240 e. The van der Waals surface area contributed by atoms with E-state index in [-0.39, 0.29) is 11.5 Å². The van der Waals surface area contributed by atoms with E-state index in [2.05, 4.69) is 40.7 Å². The summed E-state index contributed by atoms with van der Waals surface area (Å²) in [6, 6.07) is 1.96. The van der Waals surface area contributed by atoms with Gasteiger partial charge in [-0.3, -0.25) is 0 Å². The highest BCUT2D eigenvalue weighted by Crippen LogP contribution is 2.35. The van der Waals surface area contributed by atoms with Crippen LogP contribution in [-0.2, 0) is 14.8 Å². The monoisotopic (exact) mass is 517 g/mol. The van der Waals surface area contributed by atoms with Crippen LogP contribution in [0.5, 0.6) is 0 Å². The van der Waals surface area contributed by atoms with Gasteiger partial charge in [0.1, 0.15) is 0 Å². The molecule has 0 bridgehead atoms. The Hall–Kier alpha value is -2.01. The number of nitrogens with zero attached hydrogens (tertiary/aromatic N) is 4. The average Bonchev–Trinajstić information content (AvgIpc) is 3.33. The Kier molecular flexibility index (Phi) is 6.91. The van der Waals surface area contributed by atoms with Gasteiger partial charge >= 0.3 is 0 Å². The quantitative estimate of drug-likeness (QED) is 0.643. The number of thiophene rings is 1. The number of fused-ring (bicyclic) bond motifs is 1. The molecular formula is C25H35N5O3S2. The molecule has 35 heavy (non-hydrogen) atoms. The van der Waals surface area contributed by atoms with Crippen molar-refractivity contribution in [3.63, 3.8) is 0 Å². The SMILES string of the molecule is CC(C)(C)C1C=CC(S(=O)(=O)NC2CCN(c3nc(N4CCOCC4)c4sccc4n3)CC2)=CC1. The summed E-state index contributed by atoms with van der Waals surface area (Å²) < 4.78 is 35.6. The van der Waals surface area contributed by atoms with Gasteiger partial charge in [-0.2, -0.15) is 4.98 Å². The molecule has 1 atom stereocenters. The summed E-state index contributed by atoms with van der Waals surface area (Å²) in [5.41, 5.74) is 1.09. The van der Waals surface area contributed by atoms with Gasteiger partial charge in [-0.25, -0.2) is 18.1 Å². The average molecular weight is 518 g/mol. The molecule has 2 aromatic heterocycles. The van der Waals surface area contributed by atoms with Gasteiger partial charge in [-0.05, 0) is 48.1 Å². The van der Waals surface area contributed by atoms with Crippen LogP contribution in [0.1, 0.15) is 40.0 Å². The summed E-state index contributed by atoms with van der Waals surface area (Å²) in [7, 11) is -3.52. The first-order valence-electron chi connectivity index (χ1n) is 12.4. The van der Waals surface area contributed by atoms with E-state index in [0.717, 1.165) is 54.3 Å². The number of piperidine rings is 1. The van der Waals surface area contributed by atoms with E-state index in [1.54, 1.807) is 17.4 Å². The van der Waals surface area contributed by atoms with Gasteiger partial charge in [0.15, 0.2) is 5.82 Å². The minimum atomic E-state index is -3.52. The molecular weight excluding hydrogens is 482 g/mol. The second-order valence-electron chi connectivity index (χ2n) is 10.6. The van der Waals surface area contributed by atoms with Crippen LogP contribution in [0, 0.1) is 11.3 Å². The molecule has 0 radical (unpaired) electrons. The van der Waals surface area contributed by atoms with Crippen LogP contribution >= 0.6 is 11.3 Å². The summed E-state index contributed by atoms with van der Waals surface area (Å²) in [6.07, 6.45) is 7.87. The summed E-state index contributed by atoms with van der Waals surface area (Å²) in [5, 5.41) is 2.06. The molecule has 1 unspecified atom stereocenters. The largest absolute Gasteiger partial charge is 0.378 e. The number of ether oxygens (including phenoxy) is 1. The first-order valence-corrected chi connectivity index (χ1v) is 14.8. The van der Waals surface area contributed by atoms with Gasteiger partial charge in [0.05, 0.1) is 28.3 Å². The van der Waals surface area contributed by atoms with E-state index in [4.69, 9.17) is 14.7 Å². The predicted molar refractivity (Wildman–Crippen MR) is 143 cm³/mol. The normalized spacial score (nSPS) is 22.6. The number of morpholine rings is 1. The zero-order valence-corrected chi connectivity index (χ0v) is 22.4. The van der Waals surface area contributed by atoms with Crippen molar-refractivity contribution in [2.45, 2.75) is 46.1 Å². The van der Waals surface area contributed by atoms with E-state index in [9.17, 15) is 8.42 Å². The first-order chi connectivity index (χ1) is 16.7. The van der Waals surface area contributed by atoms with Gasteiger partial charge in [-0.1, -0.05) is 32.9 Å². The van der Waals surface area contributed by atoms with Crippen LogP contribution in [0.4, 0.5) is 11.8 Å². The second-order valence-corrected chi connectivity index (χ2v) is 13.3. The Bertz CT molecular complexity index is 1220. The molecule has 2 aromatic rings. The number of rotatable bonds is 5. The predicted octanol–water partition coefficient (Wildman–Crippen LogP) is 3.92. The van der Waals surface area contributed by atoms with Crippen molar-refractivity contribution in [3.05, 3.63) is 34.6 Å². The number of sulfonamides is 1. The maximum atomic E-state index is 13.0. The smallest absolute Gasteiger partial charge is 0.240 e. The summed E-state index contributed by atoms with van der Waals surface area (Å²) >= 11 is 1.67. The number of aromatic nitrogens is 2. The van der Waals surface area contributed by atoms with Crippen LogP contribution < -0.4 is 14.5 Å². The second kappa shape index (κ2) is 9.80. The van der Waals surface area contributed by atoms with Crippen molar-refractivity contribution in [2.24, 2.45) is 11.3 Å². The highest BCUT2D eigenvalue weighted by atomic mass is 32.2. The third-order valence-electron chi connectivity index (χ3n) is 7.17. The van der Waals surface area contributed by atoms with E-state index < -0.39 is 10.0 Å². The highest BCUT2D eigenvalue weighted by molar-refractivity contribution is 7.93. The Morgan fingerprint density at radius 3 is 2.49 bits per heavy atom. The topological polar surface area (TPSA) is 87.7 Å². The molecule has 0 amide bonds. The van der Waals surface area contributed by atoms with Gasteiger partial charge in [-0.15, -0.1) is 11.3 Å². The van der Waals surface area contributed by atoms with E-state index >= 15 is 0 Å². The van der Waals surface area contributed by atoms with Gasteiger partial charge in [0, 0.05) is 32.2 Å². The minimum Gasteiger partial charge on any atom is -0.378 e. The van der Waals surface area contributed by atoms with E-state index in [0.29, 0.717) is 37.1 Å². The van der Waals surface area contributed by atoms with Crippen molar-refractivity contribution in [2.75, 3.05) is 49.2 Å². The van der Waals surface area contributed by atoms with Crippen LogP contribution in [0.25, 0.3) is 10.2 Å². The zero-order chi connectivity index (χ0) is 24.6. The molecule has 0 spiro atoms. The lowest BCUT2D eigenvalue weighted by Crippen LogP contribution is -2.45. The van der Waals surface area contributed by atoms with Crippen LogP contribution in [0.15, 0.2) is 34.6 Å². The Morgan fingerprint density at radius 1 is 1.09 bits per heavy atom. The molecule has 1 aliphatic carbocycles. The van der Waals surface area contributed by atoms with Crippen LogP contribution in [-0.4, -0.2) is 63.8 Å². The van der Waals surface area contributed by atoms with E-state index in [1.807, 2.05) is 18.2 Å². The summed E-state index contributed by atoms with van der Waals surface area (Å²) in [4.78, 5) is 14.6. The molecule has 3 aliphatic rings. The van der Waals surface area contributed by atoms with Crippen LogP contribution in [0.3, 0.4) is 0 Å². The lowest BCUT2D eigenvalue weighted by molar-refractivity contribution is 0.122. The van der Waals surface area contributed by atoms with Gasteiger partial charge < -0.3 is 14.5 Å². The summed E-state index contributed by atoms with van der Waals surface area (Å²) in [6.45, 7) is 11.1. The van der Waals surface area contributed by atoms with Crippen molar-refractivity contribution in [1.29, 1.82) is 0 Å². The molecule has 4 heterocycles. The lowest BCUT2D eigenvalue weighted by Gasteiger charge is -2.34. The van der Waals surface area contributed by atoms with Crippen molar-refractivity contribution in [1.82, 2.24) is 14.7 Å². The first kappa shape index (κ1) is 24.7. The lowest BCUT2D eigenvalue weighted by atomic mass is 9.77. The molecule has 190 valence electrons. The molecule has 2 aliphatic heterocycles. The molecule has 1 N–H and O–H groups in total. The fourth-order valence-corrected chi connectivity index (χ4v) is 7.13. The Balaban J connectivity index is 1.24. The highest BCUT2D eigenvalue weighted by Gasteiger charge is 2.30. The number of allylic oxidation sites excluding steroid dienone is 3. The Morgan fingerprint density at radius 2 is 1.83 bits per heavy atom. The number of hydrogen-bond acceptors (Lipinski definition) is 8. The van der Waals surface area contributed by atoms with Crippen molar-refractivity contribution < 1.29 is 13.2 Å². The molecule has 0 saturated carbocycles. The fourth-order valence-electron chi connectivity index (χ4n) is 4.89. The molecule has 8 nitrogen and oxygen atoms in total. The Labute approximate surface area is 212 Å². The number of hydrogen-bond donors (Lipinski definition) is 1. The number of nitrogens with one attached hydrogen (secondary N) is 1. The fraction of sp³-hybridized carbons (Fsp3) is 0.600. The van der Waals surface area contributed by atoms with Gasteiger partial charge in [0.2, 0.25) is 16.0 Å². The zero-order valence-electron chi connectivity index (χ0n) is 20.7. The molecule has 5 rings (SSSR count). The molecule has 10 heteroatoms. The maximum absolute atomic E-state index is 13.0. The van der Waals surface area contributed by atoms with Crippen molar-refractivity contribution in [3.8, 4) is 0 Å².